The van der Waals surface area contributed by atoms with Gasteiger partial charge in [0.25, 0.3) is 0 Å². The number of aliphatic hydroxyl groups is 1. The molecule has 4 rings (SSSR count). The third-order valence-electron chi connectivity index (χ3n) is 3.73. The maximum atomic E-state index is 9.85. The summed E-state index contributed by atoms with van der Waals surface area (Å²) < 4.78 is 8.68. The number of aliphatic hydroxyl groups excluding tert-OH is 1. The summed E-state index contributed by atoms with van der Waals surface area (Å²) in [7, 11) is 0. The van der Waals surface area contributed by atoms with Crippen molar-refractivity contribution in [1.82, 2.24) is 24.4 Å². The zero-order valence-corrected chi connectivity index (χ0v) is 11.1. The molecule has 1 aliphatic rings. The molecule has 0 aliphatic carbocycles. The lowest BCUT2D eigenvalue weighted by Gasteiger charge is -2.11. The Labute approximate surface area is 119 Å². The summed E-state index contributed by atoms with van der Waals surface area (Å²) in [5.41, 5.74) is 8.46. The molecule has 3 N–H and O–H groups in total. The Morgan fingerprint density at radius 1 is 1.24 bits per heavy atom. The number of rotatable bonds is 2. The van der Waals surface area contributed by atoms with E-state index in [0.29, 0.717) is 19.0 Å². The molecule has 108 valence electrons. The lowest BCUT2D eigenvalue weighted by atomic mass is 10.2. The number of nitrogens with two attached hydrogens (primary N) is 1. The van der Waals surface area contributed by atoms with E-state index in [2.05, 4.69) is 15.2 Å². The Kier molecular flexibility index (Phi) is 2.66. The summed E-state index contributed by atoms with van der Waals surface area (Å²) in [6.07, 6.45) is 6.41. The number of nitrogens with zero attached hydrogens (tertiary/aromatic N) is 5. The SMILES string of the molecule is Nc1ncnn2cc(-c3cnn([C@@H]4COC[C@H]4O)c3)cc12. The standard InChI is InChI=1S/C13H14N6O2/c14-13-10-1-8(3-18(10)17-7-15-13)9-2-16-19(4-9)11-5-21-6-12(11)20/h1-4,7,11-12,20H,5-6H2,(H2,14,15,17)/t11-,12-/m1/s1. The summed E-state index contributed by atoms with van der Waals surface area (Å²) in [5, 5.41) is 18.3. The van der Waals surface area contributed by atoms with Crippen LogP contribution in [-0.4, -0.2) is 48.8 Å². The van der Waals surface area contributed by atoms with Gasteiger partial charge in [-0.1, -0.05) is 0 Å². The molecule has 8 heteroatoms. The fourth-order valence-electron chi connectivity index (χ4n) is 2.56. The summed E-state index contributed by atoms with van der Waals surface area (Å²) in [6.45, 7) is 0.820. The zero-order valence-electron chi connectivity index (χ0n) is 11.1. The molecule has 8 nitrogen and oxygen atoms in total. The van der Waals surface area contributed by atoms with Crippen LogP contribution in [0.25, 0.3) is 16.6 Å². The average Bonchev–Trinajstić information content (AvgIpc) is 3.15. The van der Waals surface area contributed by atoms with Crippen LogP contribution in [-0.2, 0) is 4.74 Å². The minimum atomic E-state index is -0.521. The molecule has 1 aliphatic heterocycles. The van der Waals surface area contributed by atoms with Gasteiger partial charge in [-0.3, -0.25) is 4.68 Å². The Morgan fingerprint density at radius 3 is 2.90 bits per heavy atom. The highest BCUT2D eigenvalue weighted by Gasteiger charge is 2.28. The summed E-state index contributed by atoms with van der Waals surface area (Å²) in [4.78, 5) is 3.97. The molecule has 4 heterocycles. The maximum Gasteiger partial charge on any atom is 0.151 e. The number of ether oxygens (including phenoxy) is 1. The number of anilines is 1. The number of hydrogen-bond donors (Lipinski definition) is 2. The van der Waals surface area contributed by atoms with Crippen molar-refractivity contribution in [2.75, 3.05) is 18.9 Å². The Bertz CT molecular complexity index is 795. The van der Waals surface area contributed by atoms with E-state index >= 15 is 0 Å². The van der Waals surface area contributed by atoms with Crippen molar-refractivity contribution in [3.8, 4) is 11.1 Å². The van der Waals surface area contributed by atoms with Crippen LogP contribution >= 0.6 is 0 Å². The molecule has 1 fully saturated rings. The minimum Gasteiger partial charge on any atom is -0.388 e. The molecular formula is C13H14N6O2. The molecule has 0 bridgehead atoms. The predicted molar refractivity (Wildman–Crippen MR) is 74.5 cm³/mol. The lowest BCUT2D eigenvalue weighted by molar-refractivity contribution is 0.118. The molecule has 0 radical (unpaired) electrons. The van der Waals surface area contributed by atoms with Crippen molar-refractivity contribution < 1.29 is 9.84 Å². The van der Waals surface area contributed by atoms with Gasteiger partial charge in [-0.05, 0) is 6.07 Å². The number of aromatic nitrogens is 5. The van der Waals surface area contributed by atoms with Gasteiger partial charge in [0.1, 0.15) is 24.0 Å². The Hall–Kier alpha value is -2.45. The van der Waals surface area contributed by atoms with Gasteiger partial charge in [-0.2, -0.15) is 10.2 Å². The number of hydrogen-bond acceptors (Lipinski definition) is 6. The highest BCUT2D eigenvalue weighted by Crippen LogP contribution is 2.26. The molecule has 2 atom stereocenters. The first kappa shape index (κ1) is 12.3. The van der Waals surface area contributed by atoms with E-state index in [4.69, 9.17) is 10.5 Å². The summed E-state index contributed by atoms with van der Waals surface area (Å²) in [6, 6.07) is 1.78. The normalized spacial score (nSPS) is 22.1. The maximum absolute atomic E-state index is 9.85. The highest BCUT2D eigenvalue weighted by atomic mass is 16.5. The van der Waals surface area contributed by atoms with E-state index in [1.165, 1.54) is 6.33 Å². The molecule has 0 amide bonds. The molecular weight excluding hydrogens is 272 g/mol. The topological polar surface area (TPSA) is 103 Å². The Morgan fingerprint density at radius 2 is 2.14 bits per heavy atom. The number of nitrogen functional groups attached to an aromatic ring is 1. The summed E-state index contributed by atoms with van der Waals surface area (Å²) >= 11 is 0. The van der Waals surface area contributed by atoms with Crippen LogP contribution in [0.4, 0.5) is 5.82 Å². The Balaban J connectivity index is 1.72. The van der Waals surface area contributed by atoms with Crippen molar-refractivity contribution in [2.24, 2.45) is 0 Å². The molecule has 3 aromatic rings. The fraction of sp³-hybridized carbons (Fsp3) is 0.308. The van der Waals surface area contributed by atoms with Gasteiger partial charge < -0.3 is 15.6 Å². The first-order chi connectivity index (χ1) is 10.2. The first-order valence-electron chi connectivity index (χ1n) is 6.61. The largest absolute Gasteiger partial charge is 0.388 e. The molecule has 0 saturated carbocycles. The average molecular weight is 286 g/mol. The molecule has 3 aromatic heterocycles. The van der Waals surface area contributed by atoms with Crippen molar-refractivity contribution in [1.29, 1.82) is 0 Å². The third-order valence-corrected chi connectivity index (χ3v) is 3.73. The van der Waals surface area contributed by atoms with Gasteiger partial charge in [0.05, 0.1) is 19.4 Å². The molecule has 0 spiro atoms. The zero-order chi connectivity index (χ0) is 14.4. The van der Waals surface area contributed by atoms with Crippen LogP contribution in [0.1, 0.15) is 6.04 Å². The second kappa shape index (κ2) is 4.54. The van der Waals surface area contributed by atoms with Crippen molar-refractivity contribution in [3.05, 3.63) is 31.0 Å². The van der Waals surface area contributed by atoms with Crippen LogP contribution in [0.5, 0.6) is 0 Å². The number of fused-ring (bicyclic) bond motifs is 1. The molecule has 0 unspecified atom stereocenters. The molecule has 1 saturated heterocycles. The molecule has 21 heavy (non-hydrogen) atoms. The van der Waals surface area contributed by atoms with Gasteiger partial charge in [0.15, 0.2) is 5.82 Å². The molecule has 0 aromatic carbocycles. The monoisotopic (exact) mass is 286 g/mol. The van der Waals surface area contributed by atoms with Crippen molar-refractivity contribution in [2.45, 2.75) is 12.1 Å². The summed E-state index contributed by atoms with van der Waals surface area (Å²) in [5.74, 6) is 0.434. The minimum absolute atomic E-state index is 0.138. The quantitative estimate of drug-likeness (QED) is 0.693. The van der Waals surface area contributed by atoms with Crippen LogP contribution in [0.3, 0.4) is 0 Å². The van der Waals surface area contributed by atoms with Crippen molar-refractivity contribution >= 4 is 11.3 Å². The van der Waals surface area contributed by atoms with Crippen LogP contribution < -0.4 is 5.73 Å². The smallest absolute Gasteiger partial charge is 0.151 e. The predicted octanol–water partition coefficient (Wildman–Crippen LogP) is 0.107. The van der Waals surface area contributed by atoms with E-state index in [1.54, 1.807) is 15.4 Å². The van der Waals surface area contributed by atoms with Crippen LogP contribution in [0, 0.1) is 0 Å². The van der Waals surface area contributed by atoms with E-state index in [-0.39, 0.29) is 6.04 Å². The first-order valence-corrected chi connectivity index (χ1v) is 6.61. The second-order valence-corrected chi connectivity index (χ2v) is 5.09. The van der Waals surface area contributed by atoms with Gasteiger partial charge in [-0.25, -0.2) is 9.50 Å². The van der Waals surface area contributed by atoms with E-state index in [0.717, 1.165) is 16.6 Å². The van der Waals surface area contributed by atoms with Gasteiger partial charge in [-0.15, -0.1) is 0 Å². The van der Waals surface area contributed by atoms with Gasteiger partial charge in [0, 0.05) is 23.5 Å². The lowest BCUT2D eigenvalue weighted by Crippen LogP contribution is -2.22. The third kappa shape index (κ3) is 1.96. The van der Waals surface area contributed by atoms with Crippen molar-refractivity contribution in [3.63, 3.8) is 0 Å². The van der Waals surface area contributed by atoms with E-state index < -0.39 is 6.10 Å². The van der Waals surface area contributed by atoms with Crippen LogP contribution in [0.15, 0.2) is 31.0 Å². The van der Waals surface area contributed by atoms with Gasteiger partial charge >= 0.3 is 0 Å². The fourth-order valence-corrected chi connectivity index (χ4v) is 2.56. The second-order valence-electron chi connectivity index (χ2n) is 5.09. The van der Waals surface area contributed by atoms with E-state index in [9.17, 15) is 5.11 Å². The van der Waals surface area contributed by atoms with E-state index in [1.807, 2.05) is 18.5 Å². The van der Waals surface area contributed by atoms with Gasteiger partial charge in [0.2, 0.25) is 0 Å². The van der Waals surface area contributed by atoms with Crippen LogP contribution in [0.2, 0.25) is 0 Å². The highest BCUT2D eigenvalue weighted by molar-refractivity contribution is 5.75.